The molecular formula is C14H27NO3. The Kier molecular flexibility index (Phi) is 12.0. The molecule has 0 heterocycles. The molecule has 0 spiro atoms. The Hall–Kier alpha value is -0.870. The van der Waals surface area contributed by atoms with E-state index >= 15 is 0 Å². The molecule has 0 radical (unpaired) electrons. The van der Waals surface area contributed by atoms with Crippen LogP contribution in [0.5, 0.6) is 0 Å². The molecule has 0 saturated carbocycles. The lowest BCUT2D eigenvalue weighted by Gasteiger charge is -2.20. The van der Waals surface area contributed by atoms with Crippen molar-refractivity contribution in [2.24, 2.45) is 0 Å². The van der Waals surface area contributed by atoms with E-state index in [9.17, 15) is 4.79 Å². The molecule has 106 valence electrons. The van der Waals surface area contributed by atoms with Gasteiger partial charge in [0.1, 0.15) is 0 Å². The molecule has 0 aromatic heterocycles. The van der Waals surface area contributed by atoms with E-state index in [4.69, 9.17) is 10.2 Å². The maximum atomic E-state index is 11.7. The number of hydrogen-bond donors (Lipinski definition) is 2. The number of aliphatic hydroxyl groups is 2. The van der Waals surface area contributed by atoms with E-state index in [1.165, 1.54) is 17.7 Å². The van der Waals surface area contributed by atoms with Crippen molar-refractivity contribution in [1.82, 2.24) is 4.90 Å². The molecule has 0 aromatic rings. The number of aliphatic hydroxyl groups excluding tert-OH is 2. The van der Waals surface area contributed by atoms with Gasteiger partial charge in [-0.15, -0.1) is 6.58 Å². The van der Waals surface area contributed by atoms with Crippen LogP contribution in [0.2, 0.25) is 0 Å². The molecular weight excluding hydrogens is 230 g/mol. The predicted octanol–water partition coefficient (Wildman–Crippen LogP) is 1.72. The van der Waals surface area contributed by atoms with Gasteiger partial charge in [0.15, 0.2) is 0 Å². The zero-order valence-corrected chi connectivity index (χ0v) is 11.3. The SMILES string of the molecule is C=CCCCCCCCC(=O)N(CCO)CCO. The monoisotopic (exact) mass is 257 g/mol. The highest BCUT2D eigenvalue weighted by atomic mass is 16.3. The highest BCUT2D eigenvalue weighted by Crippen LogP contribution is 2.08. The normalized spacial score (nSPS) is 10.3. The number of unbranched alkanes of at least 4 members (excludes halogenated alkanes) is 5. The van der Waals surface area contributed by atoms with E-state index in [1.54, 1.807) is 0 Å². The van der Waals surface area contributed by atoms with Crippen molar-refractivity contribution >= 4 is 5.91 Å². The third-order valence-corrected chi connectivity index (χ3v) is 2.89. The van der Waals surface area contributed by atoms with Crippen molar-refractivity contribution in [2.45, 2.75) is 44.9 Å². The molecule has 1 amide bonds. The minimum absolute atomic E-state index is 0.0317. The highest BCUT2D eigenvalue weighted by Gasteiger charge is 2.11. The summed E-state index contributed by atoms with van der Waals surface area (Å²) in [5, 5.41) is 17.6. The van der Waals surface area contributed by atoms with Gasteiger partial charge in [0.05, 0.1) is 13.2 Å². The molecule has 0 rings (SSSR count). The summed E-state index contributed by atoms with van der Waals surface area (Å²) in [6.45, 7) is 4.22. The fraction of sp³-hybridized carbons (Fsp3) is 0.786. The Labute approximate surface area is 110 Å². The second kappa shape index (κ2) is 12.6. The lowest BCUT2D eigenvalue weighted by molar-refractivity contribution is -0.132. The van der Waals surface area contributed by atoms with Gasteiger partial charge in [-0.05, 0) is 19.3 Å². The van der Waals surface area contributed by atoms with Crippen molar-refractivity contribution in [2.75, 3.05) is 26.3 Å². The van der Waals surface area contributed by atoms with Crippen molar-refractivity contribution in [3.8, 4) is 0 Å². The van der Waals surface area contributed by atoms with Crippen LogP contribution < -0.4 is 0 Å². The summed E-state index contributed by atoms with van der Waals surface area (Å²) in [4.78, 5) is 13.3. The van der Waals surface area contributed by atoms with E-state index < -0.39 is 0 Å². The van der Waals surface area contributed by atoms with Crippen LogP contribution in [0.1, 0.15) is 44.9 Å². The number of carbonyl (C=O) groups excluding carboxylic acids is 1. The standard InChI is InChI=1S/C14H27NO3/c1-2-3-4-5-6-7-8-9-14(18)15(10-12-16)11-13-17/h2,16-17H,1,3-13H2. The largest absolute Gasteiger partial charge is 0.395 e. The fourth-order valence-electron chi connectivity index (χ4n) is 1.86. The maximum absolute atomic E-state index is 11.7. The Morgan fingerprint density at radius 3 is 2.11 bits per heavy atom. The minimum Gasteiger partial charge on any atom is -0.395 e. The van der Waals surface area contributed by atoms with Crippen LogP contribution in [-0.4, -0.2) is 47.3 Å². The zero-order chi connectivity index (χ0) is 13.6. The molecule has 0 aliphatic rings. The van der Waals surface area contributed by atoms with Crippen LogP contribution in [-0.2, 0) is 4.79 Å². The lowest BCUT2D eigenvalue weighted by Crippen LogP contribution is -2.35. The lowest BCUT2D eigenvalue weighted by atomic mass is 10.1. The summed E-state index contributed by atoms with van der Waals surface area (Å²) >= 11 is 0. The second-order valence-electron chi connectivity index (χ2n) is 4.42. The van der Waals surface area contributed by atoms with Gasteiger partial charge in [-0.25, -0.2) is 0 Å². The number of amides is 1. The van der Waals surface area contributed by atoms with E-state index in [2.05, 4.69) is 6.58 Å². The highest BCUT2D eigenvalue weighted by molar-refractivity contribution is 5.76. The predicted molar refractivity (Wildman–Crippen MR) is 73.3 cm³/mol. The zero-order valence-electron chi connectivity index (χ0n) is 11.3. The molecule has 0 aromatic carbocycles. The van der Waals surface area contributed by atoms with Gasteiger partial charge in [0.25, 0.3) is 0 Å². The van der Waals surface area contributed by atoms with Crippen molar-refractivity contribution < 1.29 is 15.0 Å². The van der Waals surface area contributed by atoms with Crippen LogP contribution in [0, 0.1) is 0 Å². The first-order valence-corrected chi connectivity index (χ1v) is 6.86. The second-order valence-corrected chi connectivity index (χ2v) is 4.42. The van der Waals surface area contributed by atoms with Crippen molar-refractivity contribution in [3.05, 3.63) is 12.7 Å². The summed E-state index contributed by atoms with van der Waals surface area (Å²) in [6.07, 6.45) is 9.00. The molecule has 0 saturated heterocycles. The number of carbonyl (C=O) groups is 1. The van der Waals surface area contributed by atoms with E-state index in [0.717, 1.165) is 25.7 Å². The maximum Gasteiger partial charge on any atom is 0.222 e. The quantitative estimate of drug-likeness (QED) is 0.413. The van der Waals surface area contributed by atoms with Crippen LogP contribution in [0.15, 0.2) is 12.7 Å². The summed E-state index contributed by atoms with van der Waals surface area (Å²) in [5.74, 6) is 0.0317. The fourth-order valence-corrected chi connectivity index (χ4v) is 1.86. The molecule has 4 heteroatoms. The van der Waals surface area contributed by atoms with E-state index in [-0.39, 0.29) is 19.1 Å². The van der Waals surface area contributed by atoms with Gasteiger partial charge in [-0.1, -0.05) is 25.3 Å². The number of hydrogen-bond acceptors (Lipinski definition) is 3. The van der Waals surface area contributed by atoms with E-state index in [0.29, 0.717) is 19.5 Å². The van der Waals surface area contributed by atoms with Gasteiger partial charge in [-0.3, -0.25) is 4.79 Å². The smallest absolute Gasteiger partial charge is 0.222 e. The van der Waals surface area contributed by atoms with E-state index in [1.807, 2.05) is 6.08 Å². The van der Waals surface area contributed by atoms with Gasteiger partial charge < -0.3 is 15.1 Å². The summed E-state index contributed by atoms with van der Waals surface area (Å²) < 4.78 is 0. The summed E-state index contributed by atoms with van der Waals surface area (Å²) in [7, 11) is 0. The molecule has 0 atom stereocenters. The van der Waals surface area contributed by atoms with Gasteiger partial charge in [0.2, 0.25) is 5.91 Å². The number of nitrogens with zero attached hydrogens (tertiary/aromatic N) is 1. The van der Waals surface area contributed by atoms with Crippen LogP contribution in [0.4, 0.5) is 0 Å². The van der Waals surface area contributed by atoms with Crippen molar-refractivity contribution in [3.63, 3.8) is 0 Å². The molecule has 0 unspecified atom stereocenters. The first kappa shape index (κ1) is 17.1. The average molecular weight is 257 g/mol. The Morgan fingerprint density at radius 2 is 1.56 bits per heavy atom. The van der Waals surface area contributed by atoms with Crippen LogP contribution >= 0.6 is 0 Å². The van der Waals surface area contributed by atoms with Crippen LogP contribution in [0.3, 0.4) is 0 Å². The Morgan fingerprint density at radius 1 is 1.00 bits per heavy atom. The van der Waals surface area contributed by atoms with Gasteiger partial charge in [-0.2, -0.15) is 0 Å². The first-order valence-electron chi connectivity index (χ1n) is 6.86. The molecule has 0 bridgehead atoms. The first-order chi connectivity index (χ1) is 8.76. The minimum atomic E-state index is -0.0483. The molecule has 0 aliphatic carbocycles. The Bertz CT molecular complexity index is 213. The third kappa shape index (κ3) is 9.19. The Balaban J connectivity index is 3.57. The molecule has 0 fully saturated rings. The molecule has 4 nitrogen and oxygen atoms in total. The summed E-state index contributed by atoms with van der Waals surface area (Å²) in [5.41, 5.74) is 0. The van der Waals surface area contributed by atoms with Gasteiger partial charge >= 0.3 is 0 Å². The van der Waals surface area contributed by atoms with Gasteiger partial charge in [0, 0.05) is 19.5 Å². The van der Waals surface area contributed by atoms with Crippen LogP contribution in [0.25, 0.3) is 0 Å². The summed E-state index contributed by atoms with van der Waals surface area (Å²) in [6, 6.07) is 0. The molecule has 18 heavy (non-hydrogen) atoms. The average Bonchev–Trinajstić information content (AvgIpc) is 2.37. The number of rotatable bonds is 12. The molecule has 0 aliphatic heterocycles. The topological polar surface area (TPSA) is 60.8 Å². The van der Waals surface area contributed by atoms with Crippen molar-refractivity contribution in [1.29, 1.82) is 0 Å². The molecule has 2 N–H and O–H groups in total. The third-order valence-electron chi connectivity index (χ3n) is 2.89. The number of allylic oxidation sites excluding steroid dienone is 1.